The van der Waals surface area contributed by atoms with E-state index in [4.69, 9.17) is 18.0 Å². The number of nitrogens with zero attached hydrogens (tertiary/aromatic N) is 2. The molecule has 2 rings (SSSR count). The van der Waals surface area contributed by atoms with E-state index >= 15 is 0 Å². The van der Waals surface area contributed by atoms with E-state index in [0.29, 0.717) is 10.4 Å². The highest BCUT2D eigenvalue weighted by Gasteiger charge is 2.15. The number of imidazole rings is 1. The van der Waals surface area contributed by atoms with E-state index in [1.165, 1.54) is 0 Å². The first-order valence-electron chi connectivity index (χ1n) is 4.46. The second kappa shape index (κ2) is 3.47. The van der Waals surface area contributed by atoms with E-state index in [1.54, 1.807) is 23.8 Å². The van der Waals surface area contributed by atoms with Crippen LogP contribution in [0.4, 0.5) is 0 Å². The van der Waals surface area contributed by atoms with Gasteiger partial charge in [-0.05, 0) is 31.3 Å². The average molecular weight is 222 g/mol. The molecular formula is C9H10N4OS. The van der Waals surface area contributed by atoms with E-state index in [2.05, 4.69) is 9.97 Å². The number of nitrogens with one attached hydrogen (secondary N) is 1. The monoisotopic (exact) mass is 222 g/mol. The summed E-state index contributed by atoms with van der Waals surface area (Å²) in [5, 5.41) is 0. The Morgan fingerprint density at radius 1 is 1.73 bits per heavy atom. The van der Waals surface area contributed by atoms with Gasteiger partial charge >= 0.3 is 0 Å². The number of rotatable bonds is 2. The Kier molecular flexibility index (Phi) is 2.28. The summed E-state index contributed by atoms with van der Waals surface area (Å²) < 4.78 is 2.07. The lowest BCUT2D eigenvalue weighted by Crippen LogP contribution is -2.24. The lowest BCUT2D eigenvalue weighted by atomic mass is 10.3. The van der Waals surface area contributed by atoms with Crippen molar-refractivity contribution in [2.24, 2.45) is 5.73 Å². The third-order valence-corrected chi connectivity index (χ3v) is 2.57. The van der Waals surface area contributed by atoms with Gasteiger partial charge in [-0.1, -0.05) is 0 Å². The van der Waals surface area contributed by atoms with Crippen LogP contribution in [0.15, 0.2) is 18.3 Å². The fraction of sp³-hybridized carbons (Fsp3) is 0.222. The average Bonchev–Trinajstić information content (AvgIpc) is 2.52. The van der Waals surface area contributed by atoms with Crippen LogP contribution in [0, 0.1) is 4.77 Å². The SMILES string of the molecule is CC(C(N)=O)n1c(=S)[nH]c2cccnc21. The minimum absolute atomic E-state index is 0.433. The van der Waals surface area contributed by atoms with Crippen LogP contribution in [0.1, 0.15) is 13.0 Å². The topological polar surface area (TPSA) is 76.7 Å². The molecule has 15 heavy (non-hydrogen) atoms. The van der Waals surface area contributed by atoms with Crippen molar-refractivity contribution in [2.75, 3.05) is 0 Å². The number of aromatic amines is 1. The van der Waals surface area contributed by atoms with E-state index in [0.717, 1.165) is 5.52 Å². The third-order valence-electron chi connectivity index (χ3n) is 2.27. The molecule has 6 heteroatoms. The molecule has 2 aromatic rings. The van der Waals surface area contributed by atoms with E-state index in [-0.39, 0.29) is 0 Å². The highest BCUT2D eigenvalue weighted by Crippen LogP contribution is 2.16. The lowest BCUT2D eigenvalue weighted by molar-refractivity contribution is -0.120. The van der Waals surface area contributed by atoms with Gasteiger partial charge in [0.05, 0.1) is 5.52 Å². The highest BCUT2D eigenvalue weighted by atomic mass is 32.1. The van der Waals surface area contributed by atoms with Gasteiger partial charge < -0.3 is 10.7 Å². The molecule has 0 saturated heterocycles. The summed E-state index contributed by atoms with van der Waals surface area (Å²) in [7, 11) is 0. The molecule has 0 aliphatic heterocycles. The van der Waals surface area contributed by atoms with Crippen LogP contribution in [0.2, 0.25) is 0 Å². The Bertz CT molecular complexity index is 571. The van der Waals surface area contributed by atoms with Crippen LogP contribution in [0.25, 0.3) is 11.2 Å². The van der Waals surface area contributed by atoms with Crippen LogP contribution in [0.3, 0.4) is 0 Å². The van der Waals surface area contributed by atoms with Crippen LogP contribution >= 0.6 is 12.2 Å². The number of fused-ring (bicyclic) bond motifs is 1. The van der Waals surface area contributed by atoms with Gasteiger partial charge in [0, 0.05) is 6.20 Å². The molecule has 0 saturated carbocycles. The van der Waals surface area contributed by atoms with Crippen LogP contribution in [0.5, 0.6) is 0 Å². The van der Waals surface area contributed by atoms with Crippen molar-refractivity contribution < 1.29 is 4.79 Å². The summed E-state index contributed by atoms with van der Waals surface area (Å²) in [5.41, 5.74) is 6.69. The zero-order valence-electron chi connectivity index (χ0n) is 8.10. The van der Waals surface area contributed by atoms with Gasteiger partial charge in [0.1, 0.15) is 6.04 Å². The van der Waals surface area contributed by atoms with Crippen molar-refractivity contribution in [2.45, 2.75) is 13.0 Å². The van der Waals surface area contributed by atoms with Crippen molar-refractivity contribution in [1.29, 1.82) is 0 Å². The number of primary amides is 1. The molecule has 0 aliphatic rings. The molecule has 0 aromatic carbocycles. The summed E-state index contributed by atoms with van der Waals surface area (Å²) >= 11 is 5.11. The molecule has 0 bridgehead atoms. The first-order valence-corrected chi connectivity index (χ1v) is 4.86. The van der Waals surface area contributed by atoms with E-state index < -0.39 is 11.9 Å². The summed E-state index contributed by atoms with van der Waals surface area (Å²) in [6.45, 7) is 1.69. The second-order valence-corrected chi connectivity index (χ2v) is 3.64. The van der Waals surface area contributed by atoms with Crippen molar-refractivity contribution in [1.82, 2.24) is 14.5 Å². The van der Waals surface area contributed by atoms with Crippen molar-refractivity contribution in [3.63, 3.8) is 0 Å². The van der Waals surface area contributed by atoms with Gasteiger partial charge in [0.15, 0.2) is 10.4 Å². The quantitative estimate of drug-likeness (QED) is 0.748. The first kappa shape index (κ1) is 9.85. The fourth-order valence-electron chi connectivity index (χ4n) is 1.44. The lowest BCUT2D eigenvalue weighted by Gasteiger charge is -2.08. The maximum absolute atomic E-state index is 11.1. The Hall–Kier alpha value is -1.69. The van der Waals surface area contributed by atoms with Gasteiger partial charge in [-0.25, -0.2) is 4.98 Å². The van der Waals surface area contributed by atoms with Gasteiger partial charge in [0.2, 0.25) is 5.91 Å². The highest BCUT2D eigenvalue weighted by molar-refractivity contribution is 7.71. The standard InChI is InChI=1S/C9H10N4OS/c1-5(7(10)14)13-8-6(12-9(13)15)3-2-4-11-8/h2-5H,1H3,(H2,10,14)(H,12,15). The van der Waals surface area contributed by atoms with Gasteiger partial charge in [-0.3, -0.25) is 9.36 Å². The second-order valence-electron chi connectivity index (χ2n) is 3.25. The fourth-order valence-corrected chi connectivity index (χ4v) is 1.80. The Morgan fingerprint density at radius 2 is 2.47 bits per heavy atom. The first-order chi connectivity index (χ1) is 7.11. The van der Waals surface area contributed by atoms with Crippen LogP contribution in [-0.4, -0.2) is 20.4 Å². The molecule has 1 atom stereocenters. The Balaban J connectivity index is 2.74. The number of amides is 1. The van der Waals surface area contributed by atoms with E-state index in [1.807, 2.05) is 6.07 Å². The number of pyridine rings is 1. The van der Waals surface area contributed by atoms with Gasteiger partial charge in [0.25, 0.3) is 0 Å². The Morgan fingerprint density at radius 3 is 3.13 bits per heavy atom. The molecule has 1 amide bonds. The normalized spacial score (nSPS) is 12.9. The maximum Gasteiger partial charge on any atom is 0.240 e. The number of aromatic nitrogens is 3. The molecule has 2 aromatic heterocycles. The number of hydrogen-bond donors (Lipinski definition) is 2. The molecule has 0 fully saturated rings. The Labute approximate surface area is 90.9 Å². The molecule has 1 unspecified atom stereocenters. The third kappa shape index (κ3) is 1.52. The van der Waals surface area contributed by atoms with Crippen LogP contribution in [-0.2, 0) is 4.79 Å². The summed E-state index contributed by atoms with van der Waals surface area (Å²) in [5.74, 6) is -0.433. The number of carbonyl (C=O) groups is 1. The minimum atomic E-state index is -0.499. The molecule has 0 radical (unpaired) electrons. The predicted molar refractivity (Wildman–Crippen MR) is 58.8 cm³/mol. The largest absolute Gasteiger partial charge is 0.368 e. The summed E-state index contributed by atoms with van der Waals surface area (Å²) in [4.78, 5) is 18.2. The zero-order valence-corrected chi connectivity index (χ0v) is 8.91. The van der Waals surface area contributed by atoms with Gasteiger partial charge in [-0.15, -0.1) is 0 Å². The van der Waals surface area contributed by atoms with E-state index in [9.17, 15) is 4.79 Å². The molecule has 2 heterocycles. The number of hydrogen-bond acceptors (Lipinski definition) is 3. The smallest absolute Gasteiger partial charge is 0.240 e. The van der Waals surface area contributed by atoms with Crippen LogP contribution < -0.4 is 5.73 Å². The molecule has 3 N–H and O–H groups in total. The summed E-state index contributed by atoms with van der Waals surface area (Å²) in [6, 6.07) is 3.15. The zero-order chi connectivity index (χ0) is 11.0. The number of H-pyrrole nitrogens is 1. The molecular weight excluding hydrogens is 212 g/mol. The molecule has 0 aliphatic carbocycles. The summed E-state index contributed by atoms with van der Waals surface area (Å²) in [6.07, 6.45) is 1.65. The maximum atomic E-state index is 11.1. The number of nitrogens with two attached hydrogens (primary N) is 1. The van der Waals surface area contributed by atoms with Crippen molar-refractivity contribution in [3.8, 4) is 0 Å². The number of carbonyl (C=O) groups excluding carboxylic acids is 1. The molecule has 78 valence electrons. The molecule has 0 spiro atoms. The molecule has 5 nitrogen and oxygen atoms in total. The minimum Gasteiger partial charge on any atom is -0.368 e. The predicted octanol–water partition coefficient (Wildman–Crippen LogP) is 1.14. The van der Waals surface area contributed by atoms with Crippen molar-refractivity contribution >= 4 is 29.3 Å². The van der Waals surface area contributed by atoms with Crippen molar-refractivity contribution in [3.05, 3.63) is 23.1 Å². The van der Waals surface area contributed by atoms with Gasteiger partial charge in [-0.2, -0.15) is 0 Å².